The van der Waals surface area contributed by atoms with E-state index in [2.05, 4.69) is 15.3 Å². The number of aromatic nitrogens is 3. The molecule has 6 nitrogen and oxygen atoms in total. The molecule has 2 heterocycles. The van der Waals surface area contributed by atoms with Gasteiger partial charge in [-0.2, -0.15) is 13.2 Å². The third-order valence-corrected chi connectivity index (χ3v) is 3.90. The Hall–Kier alpha value is -2.13. The van der Waals surface area contributed by atoms with Crippen LogP contribution in [0.4, 0.5) is 18.9 Å². The van der Waals surface area contributed by atoms with Crippen molar-refractivity contribution >= 4 is 23.2 Å². The number of hydrogen-bond donors (Lipinski definition) is 1. The van der Waals surface area contributed by atoms with Crippen molar-refractivity contribution in [2.45, 2.75) is 32.2 Å². The molecule has 1 unspecified atom stereocenters. The number of carbonyl (C=O) groups excluding carboxylic acids is 1. The number of pyridine rings is 1. The summed E-state index contributed by atoms with van der Waals surface area (Å²) in [6.45, 7) is 0.594. The van der Waals surface area contributed by atoms with Crippen LogP contribution in [0.25, 0.3) is 0 Å². The van der Waals surface area contributed by atoms with Crippen LogP contribution in [0.3, 0.4) is 0 Å². The Morgan fingerprint density at radius 3 is 2.76 bits per heavy atom. The summed E-state index contributed by atoms with van der Waals surface area (Å²) in [6, 6.07) is 2.62. The molecule has 0 aromatic carbocycles. The second kappa shape index (κ2) is 7.83. The molecule has 2 aromatic heterocycles. The van der Waals surface area contributed by atoms with Crippen molar-refractivity contribution in [1.82, 2.24) is 19.4 Å². The molecule has 1 N–H and O–H groups in total. The number of nitrogens with zero attached hydrogens (tertiary/aromatic N) is 4. The smallest absolute Gasteiger partial charge is 0.325 e. The Balaban J connectivity index is 2.01. The van der Waals surface area contributed by atoms with Gasteiger partial charge in [0.05, 0.1) is 18.3 Å². The van der Waals surface area contributed by atoms with Crippen LogP contribution >= 0.6 is 11.6 Å². The zero-order valence-electron chi connectivity index (χ0n) is 13.6. The number of nitrogens with one attached hydrogen (secondary N) is 1. The van der Waals surface area contributed by atoms with Gasteiger partial charge in [0.1, 0.15) is 12.4 Å². The molecule has 1 atom stereocenters. The average molecular weight is 376 g/mol. The zero-order chi connectivity index (χ0) is 18.6. The maximum Gasteiger partial charge on any atom is 0.406 e. The number of anilines is 1. The van der Waals surface area contributed by atoms with Gasteiger partial charge in [0, 0.05) is 18.6 Å². The summed E-state index contributed by atoms with van der Waals surface area (Å²) in [4.78, 5) is 21.7. The fourth-order valence-corrected chi connectivity index (χ4v) is 2.27. The van der Waals surface area contributed by atoms with Crippen LogP contribution in [0.2, 0.25) is 5.15 Å². The molecule has 0 bridgehead atoms. The summed E-state index contributed by atoms with van der Waals surface area (Å²) in [7, 11) is 1.63. The summed E-state index contributed by atoms with van der Waals surface area (Å²) in [5, 5.41) is 2.80. The highest BCUT2D eigenvalue weighted by molar-refractivity contribution is 6.32. The van der Waals surface area contributed by atoms with Crippen molar-refractivity contribution in [3.8, 4) is 0 Å². The first-order valence-electron chi connectivity index (χ1n) is 7.36. The highest BCUT2D eigenvalue weighted by Crippen LogP contribution is 2.20. The summed E-state index contributed by atoms with van der Waals surface area (Å²) < 4.78 is 38.7. The topological polar surface area (TPSA) is 63.1 Å². The Bertz CT molecular complexity index is 734. The number of rotatable bonds is 6. The van der Waals surface area contributed by atoms with E-state index in [0.717, 1.165) is 4.57 Å². The minimum absolute atomic E-state index is 0.0818. The minimum atomic E-state index is -4.34. The van der Waals surface area contributed by atoms with Gasteiger partial charge in [0.2, 0.25) is 5.91 Å². The first-order chi connectivity index (χ1) is 11.7. The molecule has 2 aromatic rings. The van der Waals surface area contributed by atoms with Crippen molar-refractivity contribution in [3.63, 3.8) is 0 Å². The summed E-state index contributed by atoms with van der Waals surface area (Å²) in [5.41, 5.74) is 0.369. The number of halogens is 4. The van der Waals surface area contributed by atoms with Gasteiger partial charge in [-0.1, -0.05) is 11.6 Å². The molecule has 0 spiro atoms. The molecule has 2 rings (SSSR count). The number of hydrogen-bond acceptors (Lipinski definition) is 4. The SMILES string of the molecule is CC(C(=O)Nc1cccnc1Cl)N(C)Cc1nccn1CC(F)(F)F. The Morgan fingerprint density at radius 2 is 2.12 bits per heavy atom. The first-order valence-corrected chi connectivity index (χ1v) is 7.73. The van der Waals surface area contributed by atoms with Gasteiger partial charge in [0.25, 0.3) is 0 Å². The fraction of sp³-hybridized carbons (Fsp3) is 0.400. The number of carbonyl (C=O) groups is 1. The number of alkyl halides is 3. The molecule has 136 valence electrons. The fourth-order valence-electron chi connectivity index (χ4n) is 2.11. The maximum absolute atomic E-state index is 12.6. The third-order valence-electron chi connectivity index (χ3n) is 3.60. The quantitative estimate of drug-likeness (QED) is 0.788. The average Bonchev–Trinajstić information content (AvgIpc) is 2.93. The Labute approximate surface area is 147 Å². The normalized spacial score (nSPS) is 13.1. The maximum atomic E-state index is 12.6. The van der Waals surface area contributed by atoms with E-state index in [1.807, 2.05) is 0 Å². The molecule has 0 saturated carbocycles. The van der Waals surface area contributed by atoms with Gasteiger partial charge in [-0.05, 0) is 26.1 Å². The predicted molar refractivity (Wildman–Crippen MR) is 87.1 cm³/mol. The van der Waals surface area contributed by atoms with Crippen molar-refractivity contribution in [3.05, 3.63) is 41.7 Å². The summed E-state index contributed by atoms with van der Waals surface area (Å²) in [6.07, 6.45) is -0.284. The van der Waals surface area contributed by atoms with Gasteiger partial charge in [0.15, 0.2) is 5.15 Å². The molecule has 0 aliphatic heterocycles. The molecule has 0 aliphatic carbocycles. The van der Waals surface area contributed by atoms with Crippen LogP contribution < -0.4 is 5.32 Å². The van der Waals surface area contributed by atoms with E-state index in [1.165, 1.54) is 18.6 Å². The van der Waals surface area contributed by atoms with Gasteiger partial charge in [-0.25, -0.2) is 9.97 Å². The van der Waals surface area contributed by atoms with E-state index >= 15 is 0 Å². The molecular weight excluding hydrogens is 359 g/mol. The van der Waals surface area contributed by atoms with Crippen molar-refractivity contribution in [2.75, 3.05) is 12.4 Å². The largest absolute Gasteiger partial charge is 0.406 e. The van der Waals surface area contributed by atoms with Crippen LogP contribution in [0.1, 0.15) is 12.7 Å². The Morgan fingerprint density at radius 1 is 1.40 bits per heavy atom. The highest BCUT2D eigenvalue weighted by atomic mass is 35.5. The third kappa shape index (κ3) is 5.43. The molecule has 0 aliphatic rings. The number of likely N-dealkylation sites (N-methyl/N-ethyl adjacent to an activating group) is 1. The molecule has 10 heteroatoms. The van der Waals surface area contributed by atoms with Gasteiger partial charge in [-0.3, -0.25) is 9.69 Å². The molecule has 0 radical (unpaired) electrons. The van der Waals surface area contributed by atoms with Crippen LogP contribution in [-0.4, -0.2) is 44.6 Å². The number of imidazole rings is 1. The lowest BCUT2D eigenvalue weighted by Crippen LogP contribution is -2.40. The van der Waals surface area contributed by atoms with Crippen LogP contribution in [0, 0.1) is 0 Å². The van der Waals surface area contributed by atoms with Crippen LogP contribution in [0.15, 0.2) is 30.7 Å². The van der Waals surface area contributed by atoms with Crippen molar-refractivity contribution in [2.24, 2.45) is 0 Å². The van der Waals surface area contributed by atoms with E-state index in [-0.39, 0.29) is 23.4 Å². The van der Waals surface area contributed by atoms with E-state index in [0.29, 0.717) is 5.69 Å². The van der Waals surface area contributed by atoms with E-state index in [1.54, 1.807) is 31.0 Å². The van der Waals surface area contributed by atoms with Gasteiger partial charge in [-0.15, -0.1) is 0 Å². The first kappa shape index (κ1) is 19.2. The van der Waals surface area contributed by atoms with Crippen molar-refractivity contribution in [1.29, 1.82) is 0 Å². The highest BCUT2D eigenvalue weighted by Gasteiger charge is 2.29. The predicted octanol–water partition coefficient (Wildman–Crippen LogP) is 2.95. The van der Waals surface area contributed by atoms with Crippen LogP contribution in [-0.2, 0) is 17.9 Å². The molecule has 0 fully saturated rings. The van der Waals surface area contributed by atoms with E-state index in [4.69, 9.17) is 11.6 Å². The second-order valence-electron chi connectivity index (χ2n) is 5.51. The van der Waals surface area contributed by atoms with E-state index < -0.39 is 18.8 Å². The van der Waals surface area contributed by atoms with E-state index in [9.17, 15) is 18.0 Å². The standard InChI is InChI=1S/C15H17ClF3N5O/c1-10(14(25)22-11-4-3-5-21-13(11)16)23(2)8-12-20-6-7-24(12)9-15(17,18)19/h3-7,10H,8-9H2,1-2H3,(H,22,25). The lowest BCUT2D eigenvalue weighted by Gasteiger charge is -2.24. The second-order valence-corrected chi connectivity index (χ2v) is 5.87. The lowest BCUT2D eigenvalue weighted by molar-refractivity contribution is -0.141. The zero-order valence-corrected chi connectivity index (χ0v) is 14.3. The Kier molecular flexibility index (Phi) is 6.02. The van der Waals surface area contributed by atoms with Gasteiger partial charge < -0.3 is 9.88 Å². The summed E-state index contributed by atoms with van der Waals surface area (Å²) >= 11 is 5.89. The molecule has 25 heavy (non-hydrogen) atoms. The van der Waals surface area contributed by atoms with Gasteiger partial charge >= 0.3 is 6.18 Å². The summed E-state index contributed by atoms with van der Waals surface area (Å²) in [5.74, 6) is -0.134. The molecule has 0 saturated heterocycles. The lowest BCUT2D eigenvalue weighted by atomic mass is 10.2. The van der Waals surface area contributed by atoms with Crippen molar-refractivity contribution < 1.29 is 18.0 Å². The molecule has 1 amide bonds. The number of amides is 1. The monoisotopic (exact) mass is 375 g/mol. The van der Waals surface area contributed by atoms with Crippen LogP contribution in [0.5, 0.6) is 0 Å². The molecular formula is C15H17ClF3N5O. The minimum Gasteiger partial charge on any atom is -0.325 e.